The molecule has 1 aromatic carbocycles. The van der Waals surface area contributed by atoms with Crippen LogP contribution in [0, 0.1) is 12.7 Å². The number of carbonyl (C=O) groups is 2. The molecule has 7 nitrogen and oxygen atoms in total. The van der Waals surface area contributed by atoms with Crippen molar-refractivity contribution in [3.05, 3.63) is 58.7 Å². The van der Waals surface area contributed by atoms with E-state index in [1.807, 2.05) is 32.4 Å². The van der Waals surface area contributed by atoms with Crippen LogP contribution in [0.5, 0.6) is 0 Å². The molecule has 3 aromatic rings. The van der Waals surface area contributed by atoms with Crippen molar-refractivity contribution in [2.75, 3.05) is 0 Å². The van der Waals surface area contributed by atoms with Crippen LogP contribution in [0.1, 0.15) is 71.6 Å². The van der Waals surface area contributed by atoms with E-state index in [0.717, 1.165) is 18.5 Å². The van der Waals surface area contributed by atoms with E-state index in [1.165, 1.54) is 18.2 Å². The van der Waals surface area contributed by atoms with E-state index in [4.69, 9.17) is 4.98 Å². The number of nitrogens with zero attached hydrogens (tertiary/aromatic N) is 3. The number of halogens is 1. The lowest BCUT2D eigenvalue weighted by molar-refractivity contribution is 0.0845. The maximum Gasteiger partial charge on any atom is 0.272 e. The Morgan fingerprint density at radius 1 is 1.10 bits per heavy atom. The molecule has 1 saturated carbocycles. The van der Waals surface area contributed by atoms with Crippen molar-refractivity contribution in [1.82, 2.24) is 25.6 Å². The van der Waals surface area contributed by atoms with Crippen molar-refractivity contribution >= 4 is 22.8 Å². The van der Waals surface area contributed by atoms with Crippen molar-refractivity contribution in [2.45, 2.75) is 52.0 Å². The van der Waals surface area contributed by atoms with Crippen LogP contribution in [0.4, 0.5) is 4.39 Å². The molecule has 8 heteroatoms. The van der Waals surface area contributed by atoms with E-state index < -0.39 is 17.6 Å². The maximum absolute atomic E-state index is 13.8. The van der Waals surface area contributed by atoms with Gasteiger partial charge in [-0.25, -0.2) is 14.1 Å². The first-order valence-corrected chi connectivity index (χ1v) is 9.93. The number of carbonyl (C=O) groups excluding carboxylic acids is 2. The number of pyridine rings is 1. The summed E-state index contributed by atoms with van der Waals surface area (Å²) in [7, 11) is 0. The van der Waals surface area contributed by atoms with Gasteiger partial charge in [-0.15, -0.1) is 0 Å². The fourth-order valence-corrected chi connectivity index (χ4v) is 3.44. The highest BCUT2D eigenvalue weighted by atomic mass is 19.1. The first kappa shape index (κ1) is 20.0. The number of hydrogen-bond donors (Lipinski definition) is 2. The van der Waals surface area contributed by atoms with Crippen molar-refractivity contribution in [2.24, 2.45) is 0 Å². The summed E-state index contributed by atoms with van der Waals surface area (Å²) >= 11 is 0. The van der Waals surface area contributed by atoms with Gasteiger partial charge in [0, 0.05) is 11.6 Å². The second-order valence-corrected chi connectivity index (χ2v) is 8.62. The molecule has 0 unspecified atom stereocenters. The molecular weight excluding hydrogens is 385 g/mol. The molecule has 1 aliphatic rings. The van der Waals surface area contributed by atoms with Gasteiger partial charge in [0.25, 0.3) is 11.8 Å². The fraction of sp³-hybridized carbons (Fsp3) is 0.364. The van der Waals surface area contributed by atoms with E-state index in [2.05, 4.69) is 16.0 Å². The largest absolute Gasteiger partial charge is 0.272 e. The average Bonchev–Trinajstić information content (AvgIpc) is 3.48. The Balaban J connectivity index is 1.69. The molecule has 0 aliphatic heterocycles. The number of benzene rings is 1. The Hall–Kier alpha value is -3.29. The minimum absolute atomic E-state index is 0.145. The van der Waals surface area contributed by atoms with Gasteiger partial charge in [-0.2, -0.15) is 5.10 Å². The van der Waals surface area contributed by atoms with E-state index in [-0.39, 0.29) is 11.1 Å². The molecule has 0 atom stereocenters. The summed E-state index contributed by atoms with van der Waals surface area (Å²) in [6.07, 6.45) is 2.07. The van der Waals surface area contributed by atoms with Gasteiger partial charge in [0.2, 0.25) is 0 Å². The van der Waals surface area contributed by atoms with Crippen LogP contribution in [0.2, 0.25) is 0 Å². The zero-order valence-corrected chi connectivity index (χ0v) is 17.4. The van der Waals surface area contributed by atoms with Gasteiger partial charge >= 0.3 is 0 Å². The normalized spacial score (nSPS) is 14.0. The Bertz CT molecular complexity index is 1160. The van der Waals surface area contributed by atoms with Crippen LogP contribution in [0.3, 0.4) is 0 Å². The lowest BCUT2D eigenvalue weighted by atomic mass is 10.1. The third-order valence-corrected chi connectivity index (χ3v) is 5.12. The average molecular weight is 409 g/mol. The highest BCUT2D eigenvalue weighted by Gasteiger charge is 2.30. The minimum atomic E-state index is -0.726. The summed E-state index contributed by atoms with van der Waals surface area (Å²) in [5.74, 6) is -1.55. The summed E-state index contributed by atoms with van der Waals surface area (Å²) in [6, 6.07) is 7.36. The molecule has 4 rings (SSSR count). The maximum atomic E-state index is 13.8. The van der Waals surface area contributed by atoms with Crippen LogP contribution in [-0.4, -0.2) is 26.6 Å². The fourth-order valence-electron chi connectivity index (χ4n) is 3.44. The number of aromatic nitrogens is 3. The Morgan fingerprint density at radius 3 is 2.33 bits per heavy atom. The predicted octanol–water partition coefficient (Wildman–Crippen LogP) is 3.59. The molecule has 156 valence electrons. The smallest absolute Gasteiger partial charge is 0.267 e. The molecule has 30 heavy (non-hydrogen) atoms. The molecule has 2 aromatic heterocycles. The van der Waals surface area contributed by atoms with Crippen molar-refractivity contribution in [1.29, 1.82) is 0 Å². The van der Waals surface area contributed by atoms with Gasteiger partial charge in [0.05, 0.1) is 27.7 Å². The summed E-state index contributed by atoms with van der Waals surface area (Å²) in [4.78, 5) is 30.1. The predicted molar refractivity (Wildman–Crippen MR) is 111 cm³/mol. The van der Waals surface area contributed by atoms with E-state index in [0.29, 0.717) is 28.2 Å². The molecule has 1 fully saturated rings. The van der Waals surface area contributed by atoms with Crippen molar-refractivity contribution in [3.63, 3.8) is 0 Å². The second kappa shape index (κ2) is 7.19. The number of hydrogen-bond acceptors (Lipinski definition) is 4. The highest BCUT2D eigenvalue weighted by molar-refractivity contribution is 6.07. The van der Waals surface area contributed by atoms with Gasteiger partial charge < -0.3 is 0 Å². The lowest BCUT2D eigenvalue weighted by Gasteiger charge is -2.20. The zero-order valence-electron chi connectivity index (χ0n) is 17.4. The van der Waals surface area contributed by atoms with Crippen LogP contribution in [0.15, 0.2) is 30.3 Å². The summed E-state index contributed by atoms with van der Waals surface area (Å²) in [5, 5.41) is 5.26. The molecule has 1 aliphatic carbocycles. The SMILES string of the molecule is Cc1nn(C(C)(C)C)c2nc(C3CC3)cc(C(=O)NNC(=O)c3ccccc3F)c12. The number of rotatable bonds is 3. The number of nitrogens with one attached hydrogen (secondary N) is 2. The number of aryl methyl sites for hydroxylation is 1. The number of amides is 2. The molecule has 2 amide bonds. The quantitative estimate of drug-likeness (QED) is 0.647. The van der Waals surface area contributed by atoms with Crippen LogP contribution in [-0.2, 0) is 5.54 Å². The highest BCUT2D eigenvalue weighted by Crippen LogP contribution is 2.40. The standard InChI is InChI=1S/C22H24FN5O2/c1-12-18-15(21(30)26-25-20(29)14-7-5-6-8-16(14)23)11-17(13-9-10-13)24-19(18)28(27-12)22(2,3)4/h5-8,11,13H,9-10H2,1-4H3,(H,25,29)(H,26,30). The first-order valence-electron chi connectivity index (χ1n) is 9.93. The Morgan fingerprint density at radius 2 is 1.73 bits per heavy atom. The lowest BCUT2D eigenvalue weighted by Crippen LogP contribution is -2.42. The molecule has 0 bridgehead atoms. The van der Waals surface area contributed by atoms with Gasteiger partial charge in [-0.05, 0) is 58.7 Å². The molecule has 2 N–H and O–H groups in total. The van der Waals surface area contributed by atoms with Crippen molar-refractivity contribution in [3.8, 4) is 0 Å². The van der Waals surface area contributed by atoms with E-state index >= 15 is 0 Å². The molecular formula is C22H24FN5O2. The summed E-state index contributed by atoms with van der Waals surface area (Å²) in [5.41, 5.74) is 6.82. The zero-order chi connectivity index (χ0) is 21.6. The summed E-state index contributed by atoms with van der Waals surface area (Å²) in [6.45, 7) is 7.91. The van der Waals surface area contributed by atoms with Crippen LogP contribution in [0.25, 0.3) is 11.0 Å². The minimum Gasteiger partial charge on any atom is -0.267 e. The monoisotopic (exact) mass is 409 g/mol. The van der Waals surface area contributed by atoms with Gasteiger partial charge in [0.1, 0.15) is 5.82 Å². The molecule has 0 spiro atoms. The molecule has 0 radical (unpaired) electrons. The topological polar surface area (TPSA) is 88.9 Å². The second-order valence-electron chi connectivity index (χ2n) is 8.62. The Labute approximate surface area is 173 Å². The van der Waals surface area contributed by atoms with E-state index in [9.17, 15) is 14.0 Å². The number of hydrazine groups is 1. The van der Waals surface area contributed by atoms with Gasteiger partial charge in [-0.3, -0.25) is 20.4 Å². The number of fused-ring (bicyclic) bond motifs is 1. The summed E-state index contributed by atoms with van der Waals surface area (Å²) < 4.78 is 15.7. The van der Waals surface area contributed by atoms with Crippen LogP contribution < -0.4 is 10.9 Å². The Kier molecular flexibility index (Phi) is 4.80. The molecule has 0 saturated heterocycles. The van der Waals surface area contributed by atoms with Crippen molar-refractivity contribution < 1.29 is 14.0 Å². The first-order chi connectivity index (χ1) is 14.2. The molecule has 2 heterocycles. The van der Waals surface area contributed by atoms with Gasteiger partial charge in [-0.1, -0.05) is 12.1 Å². The van der Waals surface area contributed by atoms with Crippen LogP contribution >= 0.6 is 0 Å². The third-order valence-electron chi connectivity index (χ3n) is 5.12. The van der Waals surface area contributed by atoms with E-state index in [1.54, 1.807) is 12.1 Å². The van der Waals surface area contributed by atoms with Gasteiger partial charge in [0.15, 0.2) is 5.65 Å². The third kappa shape index (κ3) is 3.65.